The molecular formula is C23H19ClN6O2. The first kappa shape index (κ1) is 19.2. The fraction of sp³-hybridized carbons (Fsp3) is 0.217. The molecule has 0 unspecified atom stereocenters. The van der Waals surface area contributed by atoms with Gasteiger partial charge in [0.2, 0.25) is 5.91 Å². The number of carbonyl (C=O) groups is 1. The van der Waals surface area contributed by atoms with E-state index < -0.39 is 5.41 Å². The smallest absolute Gasteiger partial charge is 0.272 e. The molecule has 6 rings (SSSR count). The number of fused-ring (bicyclic) bond motifs is 3. The first-order valence-electron chi connectivity index (χ1n) is 10.3. The Labute approximate surface area is 187 Å². The second-order valence-corrected chi connectivity index (χ2v) is 8.79. The van der Waals surface area contributed by atoms with Crippen molar-refractivity contribution in [1.82, 2.24) is 20.0 Å². The SMILES string of the molecule is Cn1ncc(-c2ccc3c(=O)[nH]nc(CN)c3c2)c1N1C(=O)C2(CC2)c2ccc(Cl)cc21. The number of nitrogens with one attached hydrogen (secondary N) is 1. The first-order chi connectivity index (χ1) is 15.4. The number of aromatic amines is 1. The van der Waals surface area contributed by atoms with Gasteiger partial charge in [-0.15, -0.1) is 0 Å². The molecule has 160 valence electrons. The second kappa shape index (κ2) is 6.51. The summed E-state index contributed by atoms with van der Waals surface area (Å²) < 4.78 is 1.70. The summed E-state index contributed by atoms with van der Waals surface area (Å²) in [4.78, 5) is 27.6. The first-order valence-corrected chi connectivity index (χ1v) is 10.7. The zero-order valence-corrected chi connectivity index (χ0v) is 18.0. The molecule has 1 spiro atoms. The topological polar surface area (TPSA) is 110 Å². The zero-order chi connectivity index (χ0) is 22.2. The molecule has 2 aromatic carbocycles. The molecule has 0 atom stereocenters. The van der Waals surface area contributed by atoms with E-state index in [1.165, 1.54) is 0 Å². The minimum Gasteiger partial charge on any atom is -0.325 e. The summed E-state index contributed by atoms with van der Waals surface area (Å²) in [7, 11) is 1.81. The number of halogens is 1. The Morgan fingerprint density at radius 3 is 2.72 bits per heavy atom. The number of carbonyl (C=O) groups excluding carboxylic acids is 1. The maximum Gasteiger partial charge on any atom is 0.272 e. The maximum absolute atomic E-state index is 13.6. The molecule has 4 aromatic rings. The Morgan fingerprint density at radius 2 is 1.97 bits per heavy atom. The van der Waals surface area contributed by atoms with Gasteiger partial charge in [0.15, 0.2) is 0 Å². The van der Waals surface area contributed by atoms with Crippen LogP contribution < -0.4 is 16.2 Å². The monoisotopic (exact) mass is 446 g/mol. The molecule has 2 aromatic heterocycles. The summed E-state index contributed by atoms with van der Waals surface area (Å²) in [6.45, 7) is 0.190. The van der Waals surface area contributed by atoms with Gasteiger partial charge in [-0.1, -0.05) is 23.7 Å². The van der Waals surface area contributed by atoms with Gasteiger partial charge in [-0.3, -0.25) is 19.2 Å². The van der Waals surface area contributed by atoms with Crippen molar-refractivity contribution < 1.29 is 4.79 Å². The molecule has 3 N–H and O–H groups in total. The number of hydrogen-bond donors (Lipinski definition) is 2. The summed E-state index contributed by atoms with van der Waals surface area (Å²) in [5.41, 5.74) is 9.10. The number of hydrogen-bond acceptors (Lipinski definition) is 5. The fourth-order valence-corrected chi connectivity index (χ4v) is 4.96. The number of nitrogens with two attached hydrogens (primary N) is 1. The largest absolute Gasteiger partial charge is 0.325 e. The van der Waals surface area contributed by atoms with E-state index in [-0.39, 0.29) is 18.0 Å². The van der Waals surface area contributed by atoms with Gasteiger partial charge in [0.25, 0.3) is 5.56 Å². The molecule has 2 aliphatic rings. The standard InChI is InChI=1S/C23H19ClN6O2/c1-29-21(30-19-9-13(24)3-5-17(19)23(6-7-23)22(30)32)16(11-26-29)12-2-4-14-15(8-12)18(10-25)27-28-20(14)31/h2-5,8-9,11H,6-7,10,25H2,1H3,(H,28,31). The highest BCUT2D eigenvalue weighted by Gasteiger charge is 2.60. The van der Waals surface area contributed by atoms with Gasteiger partial charge in [0, 0.05) is 29.6 Å². The van der Waals surface area contributed by atoms with Gasteiger partial charge in [-0.25, -0.2) is 5.10 Å². The number of benzene rings is 2. The van der Waals surface area contributed by atoms with E-state index in [0.29, 0.717) is 27.3 Å². The van der Waals surface area contributed by atoms with Crippen LogP contribution in [0.5, 0.6) is 0 Å². The molecule has 8 nitrogen and oxygen atoms in total. The third-order valence-corrected chi connectivity index (χ3v) is 6.80. The highest BCUT2D eigenvalue weighted by Crippen LogP contribution is 2.60. The molecule has 1 saturated carbocycles. The molecule has 0 radical (unpaired) electrons. The van der Waals surface area contributed by atoms with E-state index in [0.717, 1.165) is 35.2 Å². The molecule has 3 heterocycles. The van der Waals surface area contributed by atoms with E-state index in [2.05, 4.69) is 15.3 Å². The van der Waals surface area contributed by atoms with Crippen LogP contribution in [0.3, 0.4) is 0 Å². The maximum atomic E-state index is 13.6. The molecule has 32 heavy (non-hydrogen) atoms. The van der Waals surface area contributed by atoms with Crippen molar-refractivity contribution in [3.05, 3.63) is 69.2 Å². The summed E-state index contributed by atoms with van der Waals surface area (Å²) >= 11 is 6.31. The average molecular weight is 447 g/mol. The minimum absolute atomic E-state index is 0.0427. The van der Waals surface area contributed by atoms with Gasteiger partial charge >= 0.3 is 0 Å². The van der Waals surface area contributed by atoms with Crippen LogP contribution in [-0.2, 0) is 23.8 Å². The Bertz CT molecular complexity index is 1500. The lowest BCUT2D eigenvalue weighted by Gasteiger charge is -2.20. The van der Waals surface area contributed by atoms with Crippen molar-refractivity contribution >= 4 is 39.8 Å². The highest BCUT2D eigenvalue weighted by molar-refractivity contribution is 6.31. The van der Waals surface area contributed by atoms with Gasteiger partial charge in [-0.2, -0.15) is 10.2 Å². The molecule has 1 aliphatic carbocycles. The number of amides is 1. The van der Waals surface area contributed by atoms with Crippen LogP contribution in [0.2, 0.25) is 5.02 Å². The van der Waals surface area contributed by atoms with Crippen LogP contribution in [0.25, 0.3) is 21.9 Å². The predicted octanol–water partition coefficient (Wildman–Crippen LogP) is 3.15. The van der Waals surface area contributed by atoms with E-state index >= 15 is 0 Å². The number of nitrogens with zero attached hydrogens (tertiary/aromatic N) is 4. The third kappa shape index (κ3) is 2.47. The van der Waals surface area contributed by atoms with Crippen molar-refractivity contribution in [2.45, 2.75) is 24.8 Å². The lowest BCUT2D eigenvalue weighted by atomic mass is 9.98. The van der Waals surface area contributed by atoms with E-state index in [9.17, 15) is 9.59 Å². The van der Waals surface area contributed by atoms with Gasteiger partial charge in [-0.05, 0) is 48.2 Å². The summed E-state index contributed by atoms with van der Waals surface area (Å²) in [5.74, 6) is 0.704. The van der Waals surface area contributed by atoms with Crippen LogP contribution in [-0.4, -0.2) is 25.9 Å². The predicted molar refractivity (Wildman–Crippen MR) is 122 cm³/mol. The van der Waals surface area contributed by atoms with Crippen LogP contribution >= 0.6 is 11.6 Å². The molecule has 9 heteroatoms. The average Bonchev–Trinajstić information content (AvgIpc) is 3.46. The fourth-order valence-electron chi connectivity index (χ4n) is 4.79. The lowest BCUT2D eigenvalue weighted by Crippen LogP contribution is -2.29. The van der Waals surface area contributed by atoms with Crippen molar-refractivity contribution in [2.24, 2.45) is 12.8 Å². The van der Waals surface area contributed by atoms with Crippen molar-refractivity contribution in [1.29, 1.82) is 0 Å². The van der Waals surface area contributed by atoms with E-state index in [1.807, 2.05) is 37.4 Å². The Kier molecular flexibility index (Phi) is 3.91. The quantitative estimate of drug-likeness (QED) is 0.502. The summed E-state index contributed by atoms with van der Waals surface area (Å²) in [6.07, 6.45) is 3.39. The Morgan fingerprint density at radius 1 is 1.16 bits per heavy atom. The molecule has 0 saturated heterocycles. The molecule has 1 fully saturated rings. The Balaban J connectivity index is 1.57. The van der Waals surface area contributed by atoms with Gasteiger partial charge < -0.3 is 5.73 Å². The third-order valence-electron chi connectivity index (χ3n) is 6.57. The summed E-state index contributed by atoms with van der Waals surface area (Å²) in [6, 6.07) is 11.1. The summed E-state index contributed by atoms with van der Waals surface area (Å²) in [5, 5.41) is 12.8. The molecular weight excluding hydrogens is 428 g/mol. The van der Waals surface area contributed by atoms with Crippen LogP contribution in [0.4, 0.5) is 11.5 Å². The molecule has 1 aliphatic heterocycles. The van der Waals surface area contributed by atoms with E-state index in [1.54, 1.807) is 21.8 Å². The van der Waals surface area contributed by atoms with Gasteiger partial charge in [0.05, 0.1) is 28.4 Å². The van der Waals surface area contributed by atoms with Gasteiger partial charge in [0.1, 0.15) is 5.82 Å². The van der Waals surface area contributed by atoms with Crippen LogP contribution in [0, 0.1) is 0 Å². The van der Waals surface area contributed by atoms with Crippen molar-refractivity contribution in [2.75, 3.05) is 4.90 Å². The zero-order valence-electron chi connectivity index (χ0n) is 17.2. The molecule has 0 bridgehead atoms. The lowest BCUT2D eigenvalue weighted by molar-refractivity contribution is -0.119. The number of aryl methyl sites for hydroxylation is 1. The minimum atomic E-state index is -0.464. The number of H-pyrrole nitrogens is 1. The highest BCUT2D eigenvalue weighted by atomic mass is 35.5. The molecule has 1 amide bonds. The van der Waals surface area contributed by atoms with Crippen molar-refractivity contribution in [3.63, 3.8) is 0 Å². The van der Waals surface area contributed by atoms with Crippen molar-refractivity contribution in [3.8, 4) is 11.1 Å². The van der Waals surface area contributed by atoms with Crippen LogP contribution in [0.1, 0.15) is 24.1 Å². The Hall–Kier alpha value is -3.49. The van der Waals surface area contributed by atoms with E-state index in [4.69, 9.17) is 17.3 Å². The second-order valence-electron chi connectivity index (χ2n) is 8.35. The normalized spacial score (nSPS) is 16.2. The number of anilines is 2. The van der Waals surface area contributed by atoms with Crippen LogP contribution in [0.15, 0.2) is 47.4 Å². The number of rotatable bonds is 3. The number of aromatic nitrogens is 4.